The maximum Gasteiger partial charge on any atom is 0.0791 e. The first-order valence-corrected chi connectivity index (χ1v) is 8.83. The quantitative estimate of drug-likeness (QED) is 0.772. The Bertz CT molecular complexity index is 458. The molecule has 2 unspecified atom stereocenters. The summed E-state index contributed by atoms with van der Waals surface area (Å²) in [5.74, 6) is 0.614. The molecular weight excluding hydrogens is 288 g/mol. The van der Waals surface area contributed by atoms with Gasteiger partial charge in [0, 0.05) is 32.2 Å². The lowest BCUT2D eigenvalue weighted by atomic mass is 9.94. The number of aliphatic hydroxyl groups is 1. The van der Waals surface area contributed by atoms with Gasteiger partial charge in [-0.3, -0.25) is 4.90 Å². The first-order valence-electron chi connectivity index (χ1n) is 8.83. The molecule has 130 valence electrons. The molecule has 2 atom stereocenters. The summed E-state index contributed by atoms with van der Waals surface area (Å²) >= 11 is 0. The Morgan fingerprint density at radius 3 is 2.57 bits per heavy atom. The molecule has 4 heteroatoms. The van der Waals surface area contributed by atoms with Crippen LogP contribution in [0.2, 0.25) is 0 Å². The van der Waals surface area contributed by atoms with Gasteiger partial charge in [-0.05, 0) is 30.4 Å². The number of morpholine rings is 1. The minimum atomic E-state index is -0.341. The fraction of sp³-hybridized carbons (Fsp3) is 0.684. The molecule has 2 rings (SSSR count). The number of nitrogens with one attached hydrogen (secondary N) is 1. The first-order chi connectivity index (χ1) is 11.1. The molecule has 0 bridgehead atoms. The molecule has 2 N–H and O–H groups in total. The Morgan fingerprint density at radius 2 is 1.91 bits per heavy atom. The van der Waals surface area contributed by atoms with Crippen molar-refractivity contribution in [3.05, 3.63) is 35.4 Å². The van der Waals surface area contributed by atoms with Crippen LogP contribution in [0.5, 0.6) is 0 Å². The third-order valence-electron chi connectivity index (χ3n) is 4.44. The monoisotopic (exact) mass is 320 g/mol. The van der Waals surface area contributed by atoms with Crippen molar-refractivity contribution in [3.8, 4) is 0 Å². The highest BCUT2D eigenvalue weighted by molar-refractivity contribution is 5.28. The zero-order chi connectivity index (χ0) is 16.7. The van der Waals surface area contributed by atoms with Crippen molar-refractivity contribution < 1.29 is 9.84 Å². The molecule has 0 saturated carbocycles. The normalized spacial score (nSPS) is 19.0. The maximum atomic E-state index is 10.4. The van der Waals surface area contributed by atoms with Crippen LogP contribution < -0.4 is 5.32 Å². The van der Waals surface area contributed by atoms with Gasteiger partial charge in [-0.2, -0.15) is 0 Å². The number of benzene rings is 1. The first kappa shape index (κ1) is 18.4. The Labute approximate surface area is 140 Å². The number of β-amino-alcohol motifs (C(OH)–C–C–N with tert-alkyl or cyclic N) is 1. The molecule has 23 heavy (non-hydrogen) atoms. The molecular formula is C19H32N2O2. The molecule has 0 spiro atoms. The predicted octanol–water partition coefficient (Wildman–Crippen LogP) is 2.36. The lowest BCUT2D eigenvalue weighted by Gasteiger charge is -2.30. The third-order valence-corrected chi connectivity index (χ3v) is 4.44. The average molecular weight is 320 g/mol. The lowest BCUT2D eigenvalue weighted by Crippen LogP contribution is -2.44. The maximum absolute atomic E-state index is 10.4. The van der Waals surface area contributed by atoms with E-state index >= 15 is 0 Å². The topological polar surface area (TPSA) is 44.7 Å². The number of ether oxygens (including phenoxy) is 1. The van der Waals surface area contributed by atoms with E-state index in [4.69, 9.17) is 4.74 Å². The van der Waals surface area contributed by atoms with E-state index in [1.807, 2.05) is 0 Å². The number of hydrogen-bond acceptors (Lipinski definition) is 4. The average Bonchev–Trinajstić information content (AvgIpc) is 2.53. The van der Waals surface area contributed by atoms with Crippen LogP contribution in [0.4, 0.5) is 0 Å². The number of nitrogens with zero attached hydrogens (tertiary/aromatic N) is 1. The highest BCUT2D eigenvalue weighted by Crippen LogP contribution is 2.24. The summed E-state index contributed by atoms with van der Waals surface area (Å²) < 4.78 is 5.36. The Morgan fingerprint density at radius 1 is 1.22 bits per heavy atom. The van der Waals surface area contributed by atoms with Crippen LogP contribution >= 0.6 is 0 Å². The second-order valence-corrected chi connectivity index (χ2v) is 7.01. The van der Waals surface area contributed by atoms with Crippen LogP contribution in [0.15, 0.2) is 24.3 Å². The van der Waals surface area contributed by atoms with E-state index in [0.717, 1.165) is 39.3 Å². The van der Waals surface area contributed by atoms with Gasteiger partial charge in [0.1, 0.15) is 0 Å². The van der Waals surface area contributed by atoms with Gasteiger partial charge in [0.05, 0.1) is 19.3 Å². The van der Waals surface area contributed by atoms with E-state index in [-0.39, 0.29) is 6.10 Å². The van der Waals surface area contributed by atoms with Gasteiger partial charge >= 0.3 is 0 Å². The Hall–Kier alpha value is -0.940. The van der Waals surface area contributed by atoms with Crippen molar-refractivity contribution >= 4 is 0 Å². The molecule has 0 amide bonds. The molecule has 1 heterocycles. The standard InChI is InChI=1S/C19H32N2O2/c1-15(2)12-19(18-7-5-4-6-16(18)3)20-13-17(22)14-21-8-10-23-11-9-21/h4-7,15,17,19-20,22H,8-14H2,1-3H3. The molecule has 0 aromatic heterocycles. The fourth-order valence-corrected chi connectivity index (χ4v) is 3.19. The SMILES string of the molecule is Cc1ccccc1C(CC(C)C)NCC(O)CN1CCOCC1. The van der Waals surface area contributed by atoms with Gasteiger partial charge in [-0.1, -0.05) is 38.1 Å². The van der Waals surface area contributed by atoms with E-state index in [2.05, 4.69) is 55.3 Å². The van der Waals surface area contributed by atoms with Crippen molar-refractivity contribution in [1.29, 1.82) is 0 Å². The van der Waals surface area contributed by atoms with Gasteiger partial charge in [0.25, 0.3) is 0 Å². The lowest BCUT2D eigenvalue weighted by molar-refractivity contribution is 0.0143. The van der Waals surface area contributed by atoms with E-state index in [1.165, 1.54) is 11.1 Å². The minimum Gasteiger partial charge on any atom is -0.390 e. The van der Waals surface area contributed by atoms with Gasteiger partial charge in [-0.15, -0.1) is 0 Å². The van der Waals surface area contributed by atoms with E-state index in [9.17, 15) is 5.11 Å². The summed E-state index contributed by atoms with van der Waals surface area (Å²) in [6, 6.07) is 8.84. The smallest absolute Gasteiger partial charge is 0.0791 e. The summed E-state index contributed by atoms with van der Waals surface area (Å²) in [4.78, 5) is 2.28. The van der Waals surface area contributed by atoms with Crippen LogP contribution in [0.3, 0.4) is 0 Å². The summed E-state index contributed by atoms with van der Waals surface area (Å²) in [7, 11) is 0. The molecule has 1 aromatic carbocycles. The zero-order valence-electron chi connectivity index (χ0n) is 14.8. The summed E-state index contributed by atoms with van der Waals surface area (Å²) in [5, 5.41) is 13.9. The molecule has 1 fully saturated rings. The second-order valence-electron chi connectivity index (χ2n) is 7.01. The number of aliphatic hydroxyl groups excluding tert-OH is 1. The van der Waals surface area contributed by atoms with E-state index < -0.39 is 0 Å². The largest absolute Gasteiger partial charge is 0.390 e. The van der Waals surface area contributed by atoms with Crippen LogP contribution in [0, 0.1) is 12.8 Å². The second kappa shape index (κ2) is 9.38. The van der Waals surface area contributed by atoms with E-state index in [1.54, 1.807) is 0 Å². The molecule has 1 aliphatic heterocycles. The van der Waals surface area contributed by atoms with Crippen LogP contribution in [-0.4, -0.2) is 55.5 Å². The minimum absolute atomic E-state index is 0.301. The van der Waals surface area contributed by atoms with Crippen molar-refractivity contribution in [1.82, 2.24) is 10.2 Å². The number of rotatable bonds is 8. The zero-order valence-corrected chi connectivity index (χ0v) is 14.8. The molecule has 0 radical (unpaired) electrons. The fourth-order valence-electron chi connectivity index (χ4n) is 3.19. The van der Waals surface area contributed by atoms with E-state index in [0.29, 0.717) is 18.5 Å². The Balaban J connectivity index is 1.88. The Kier molecular flexibility index (Phi) is 7.50. The van der Waals surface area contributed by atoms with Crippen LogP contribution in [0.1, 0.15) is 37.4 Å². The summed E-state index contributed by atoms with van der Waals surface area (Å²) in [6.07, 6.45) is 0.738. The summed E-state index contributed by atoms with van der Waals surface area (Å²) in [6.45, 7) is 11.4. The molecule has 1 aromatic rings. The highest BCUT2D eigenvalue weighted by atomic mass is 16.5. The van der Waals surface area contributed by atoms with Gasteiger partial charge in [0.15, 0.2) is 0 Å². The van der Waals surface area contributed by atoms with Crippen molar-refractivity contribution in [2.24, 2.45) is 5.92 Å². The van der Waals surface area contributed by atoms with Gasteiger partial charge < -0.3 is 15.2 Å². The molecule has 0 aliphatic carbocycles. The van der Waals surface area contributed by atoms with Crippen molar-refractivity contribution in [2.75, 3.05) is 39.4 Å². The molecule has 4 nitrogen and oxygen atoms in total. The number of hydrogen-bond donors (Lipinski definition) is 2. The third kappa shape index (κ3) is 6.22. The number of aryl methyl sites for hydroxylation is 1. The van der Waals surface area contributed by atoms with Crippen LogP contribution in [0.25, 0.3) is 0 Å². The van der Waals surface area contributed by atoms with Crippen molar-refractivity contribution in [3.63, 3.8) is 0 Å². The van der Waals surface area contributed by atoms with Gasteiger partial charge in [-0.25, -0.2) is 0 Å². The molecule has 1 aliphatic rings. The highest BCUT2D eigenvalue weighted by Gasteiger charge is 2.18. The predicted molar refractivity (Wildman–Crippen MR) is 94.6 cm³/mol. The molecule has 1 saturated heterocycles. The summed E-state index contributed by atoms with van der Waals surface area (Å²) in [5.41, 5.74) is 2.66. The van der Waals surface area contributed by atoms with Crippen LogP contribution in [-0.2, 0) is 4.74 Å². The van der Waals surface area contributed by atoms with Crippen molar-refractivity contribution in [2.45, 2.75) is 39.3 Å². The van der Waals surface area contributed by atoms with Gasteiger partial charge in [0.2, 0.25) is 0 Å².